The molecule has 2 heterocycles. The maximum absolute atomic E-state index is 12.7. The Kier molecular flexibility index (Phi) is 7.21. The summed E-state index contributed by atoms with van der Waals surface area (Å²) in [6.45, 7) is 1.64. The molecule has 5 rings (SSSR count). The summed E-state index contributed by atoms with van der Waals surface area (Å²) in [6.07, 6.45) is 5.90. The number of nitrogens with one attached hydrogen (secondary N) is 3. The minimum Gasteiger partial charge on any atom is -0.382 e. The molecule has 1 aromatic heterocycles. The van der Waals surface area contributed by atoms with Crippen molar-refractivity contribution in [1.82, 2.24) is 14.5 Å². The van der Waals surface area contributed by atoms with Crippen LogP contribution in [0.1, 0.15) is 43.2 Å². The molecule has 1 aliphatic heterocycles. The standard InChI is InChI=1S/C28H33N5O3/c34-26(32-16-13-23(14-17-32)29-22-8-2-1-3-9-22)10-5-15-33-27(35)19-25(31-28(33)36)30-24-12-11-20-6-4-7-21(20)18-24/h1-3,8-9,11-12,18-19,23,29-30H,4-7,10,13-17H2,(H,31,36). The third kappa shape index (κ3) is 5.70. The van der Waals surface area contributed by atoms with Crippen LogP contribution in [0.15, 0.2) is 64.2 Å². The van der Waals surface area contributed by atoms with Crippen molar-refractivity contribution < 1.29 is 4.79 Å². The van der Waals surface area contributed by atoms with E-state index in [2.05, 4.69) is 39.9 Å². The van der Waals surface area contributed by atoms with E-state index in [0.717, 1.165) is 48.0 Å². The first-order valence-electron chi connectivity index (χ1n) is 12.9. The highest BCUT2D eigenvalue weighted by Crippen LogP contribution is 2.26. The Labute approximate surface area is 210 Å². The normalized spacial score (nSPS) is 15.5. The van der Waals surface area contributed by atoms with E-state index in [0.29, 0.717) is 37.8 Å². The highest BCUT2D eigenvalue weighted by molar-refractivity contribution is 5.76. The average molecular weight is 488 g/mol. The average Bonchev–Trinajstić information content (AvgIpc) is 3.35. The Morgan fingerprint density at radius 3 is 2.50 bits per heavy atom. The van der Waals surface area contributed by atoms with E-state index in [4.69, 9.17) is 0 Å². The van der Waals surface area contributed by atoms with E-state index < -0.39 is 5.69 Å². The van der Waals surface area contributed by atoms with Crippen LogP contribution in [0.25, 0.3) is 0 Å². The van der Waals surface area contributed by atoms with E-state index in [1.54, 1.807) is 0 Å². The third-order valence-electron chi connectivity index (χ3n) is 7.16. The van der Waals surface area contributed by atoms with Gasteiger partial charge in [0.2, 0.25) is 5.91 Å². The number of H-pyrrole nitrogens is 1. The van der Waals surface area contributed by atoms with Crippen LogP contribution < -0.4 is 21.9 Å². The number of aromatic amines is 1. The summed E-state index contributed by atoms with van der Waals surface area (Å²) in [5, 5.41) is 6.67. The molecular weight excluding hydrogens is 454 g/mol. The van der Waals surface area contributed by atoms with Gasteiger partial charge in [0.1, 0.15) is 5.82 Å². The lowest BCUT2D eigenvalue weighted by Crippen LogP contribution is -2.42. The van der Waals surface area contributed by atoms with Crippen LogP contribution in [0.2, 0.25) is 0 Å². The largest absolute Gasteiger partial charge is 0.382 e. The minimum atomic E-state index is -0.466. The zero-order valence-electron chi connectivity index (χ0n) is 20.5. The van der Waals surface area contributed by atoms with Crippen LogP contribution in [0.3, 0.4) is 0 Å². The first-order valence-corrected chi connectivity index (χ1v) is 12.9. The number of likely N-dealkylation sites (tertiary alicyclic amines) is 1. The lowest BCUT2D eigenvalue weighted by molar-refractivity contribution is -0.132. The van der Waals surface area contributed by atoms with Crippen molar-refractivity contribution in [3.05, 3.63) is 86.6 Å². The molecule has 0 atom stereocenters. The van der Waals surface area contributed by atoms with E-state index in [1.165, 1.54) is 17.2 Å². The molecule has 0 spiro atoms. The molecule has 0 saturated carbocycles. The number of para-hydroxylation sites is 1. The van der Waals surface area contributed by atoms with Gasteiger partial charge in [0.15, 0.2) is 0 Å². The first kappa shape index (κ1) is 23.9. The van der Waals surface area contributed by atoms with Crippen LogP contribution in [-0.2, 0) is 24.2 Å². The number of carbonyl (C=O) groups is 1. The second-order valence-corrected chi connectivity index (χ2v) is 9.71. The molecule has 36 heavy (non-hydrogen) atoms. The summed E-state index contributed by atoms with van der Waals surface area (Å²) in [4.78, 5) is 42.5. The van der Waals surface area contributed by atoms with Crippen LogP contribution in [0.4, 0.5) is 17.2 Å². The van der Waals surface area contributed by atoms with Gasteiger partial charge in [0.05, 0.1) is 0 Å². The van der Waals surface area contributed by atoms with Gasteiger partial charge in [0.25, 0.3) is 5.56 Å². The smallest absolute Gasteiger partial charge is 0.329 e. The van der Waals surface area contributed by atoms with Gasteiger partial charge in [-0.05, 0) is 73.9 Å². The van der Waals surface area contributed by atoms with Gasteiger partial charge in [-0.2, -0.15) is 0 Å². The fraction of sp³-hybridized carbons (Fsp3) is 0.393. The Morgan fingerprint density at radius 1 is 0.944 bits per heavy atom. The van der Waals surface area contributed by atoms with Crippen molar-refractivity contribution in [3.8, 4) is 0 Å². The fourth-order valence-corrected chi connectivity index (χ4v) is 5.19. The van der Waals surface area contributed by atoms with Crippen LogP contribution >= 0.6 is 0 Å². The van der Waals surface area contributed by atoms with Crippen molar-refractivity contribution in [3.63, 3.8) is 0 Å². The van der Waals surface area contributed by atoms with E-state index >= 15 is 0 Å². The van der Waals surface area contributed by atoms with Crippen molar-refractivity contribution in [2.24, 2.45) is 0 Å². The summed E-state index contributed by atoms with van der Waals surface area (Å²) in [7, 11) is 0. The Bertz CT molecular complexity index is 1290. The van der Waals surface area contributed by atoms with Crippen LogP contribution in [-0.4, -0.2) is 39.5 Å². The molecule has 1 fully saturated rings. The number of fused-ring (bicyclic) bond motifs is 1. The monoisotopic (exact) mass is 487 g/mol. The maximum Gasteiger partial charge on any atom is 0.329 e. The summed E-state index contributed by atoms with van der Waals surface area (Å²) in [5.74, 6) is 0.454. The number of carbonyl (C=O) groups excluding carboxylic acids is 1. The second-order valence-electron chi connectivity index (χ2n) is 9.71. The number of nitrogens with zero attached hydrogens (tertiary/aromatic N) is 2. The van der Waals surface area contributed by atoms with Crippen molar-refractivity contribution >= 4 is 23.1 Å². The SMILES string of the molecule is O=C(CCCn1c(=O)cc(Nc2ccc3c(c2)CCC3)[nH]c1=O)N1CCC(Nc2ccccc2)CC1. The number of piperidine rings is 1. The number of rotatable bonds is 8. The predicted octanol–water partition coefficient (Wildman–Crippen LogP) is 3.65. The van der Waals surface area contributed by atoms with E-state index in [9.17, 15) is 14.4 Å². The van der Waals surface area contributed by atoms with E-state index in [1.807, 2.05) is 29.2 Å². The molecule has 8 nitrogen and oxygen atoms in total. The highest BCUT2D eigenvalue weighted by Gasteiger charge is 2.22. The van der Waals surface area contributed by atoms with Gasteiger partial charge < -0.3 is 15.5 Å². The molecule has 1 amide bonds. The Balaban J connectivity index is 1.10. The molecule has 8 heteroatoms. The summed E-state index contributed by atoms with van der Waals surface area (Å²) in [6, 6.07) is 18.0. The quantitative estimate of drug-likeness (QED) is 0.451. The fourth-order valence-electron chi connectivity index (χ4n) is 5.19. The van der Waals surface area contributed by atoms with Gasteiger partial charge in [-0.25, -0.2) is 4.79 Å². The number of aryl methyl sites for hydroxylation is 2. The molecule has 1 saturated heterocycles. The Hall–Kier alpha value is -3.81. The van der Waals surface area contributed by atoms with Crippen molar-refractivity contribution in [1.29, 1.82) is 0 Å². The number of aromatic nitrogens is 2. The molecule has 188 valence electrons. The molecule has 0 unspecified atom stereocenters. The topological polar surface area (TPSA) is 99.2 Å². The number of benzene rings is 2. The molecular formula is C28H33N5O3. The lowest BCUT2D eigenvalue weighted by atomic mass is 10.0. The number of anilines is 3. The summed E-state index contributed by atoms with van der Waals surface area (Å²) < 4.78 is 1.16. The lowest BCUT2D eigenvalue weighted by Gasteiger charge is -2.33. The number of hydrogen-bond donors (Lipinski definition) is 3. The number of hydrogen-bond acceptors (Lipinski definition) is 5. The zero-order valence-corrected chi connectivity index (χ0v) is 20.5. The maximum atomic E-state index is 12.7. The summed E-state index contributed by atoms with van der Waals surface area (Å²) >= 11 is 0. The minimum absolute atomic E-state index is 0.0764. The second kappa shape index (κ2) is 10.8. The molecule has 2 aromatic carbocycles. The third-order valence-corrected chi connectivity index (χ3v) is 7.16. The predicted molar refractivity (Wildman–Crippen MR) is 142 cm³/mol. The van der Waals surface area contributed by atoms with Gasteiger partial charge >= 0.3 is 5.69 Å². The number of amides is 1. The Morgan fingerprint density at radius 2 is 1.72 bits per heavy atom. The first-order chi connectivity index (χ1) is 17.5. The van der Waals surface area contributed by atoms with E-state index in [-0.39, 0.29) is 18.0 Å². The van der Waals surface area contributed by atoms with Crippen molar-refractivity contribution in [2.45, 2.75) is 57.5 Å². The van der Waals surface area contributed by atoms with Gasteiger partial charge in [-0.1, -0.05) is 24.3 Å². The molecule has 0 radical (unpaired) electrons. The highest BCUT2D eigenvalue weighted by atomic mass is 16.2. The zero-order chi connectivity index (χ0) is 24.9. The summed E-state index contributed by atoms with van der Waals surface area (Å²) in [5.41, 5.74) is 3.81. The van der Waals surface area contributed by atoms with Gasteiger partial charge in [-0.15, -0.1) is 0 Å². The molecule has 3 N–H and O–H groups in total. The van der Waals surface area contributed by atoms with Crippen LogP contribution in [0.5, 0.6) is 0 Å². The van der Waals surface area contributed by atoms with Crippen LogP contribution in [0, 0.1) is 0 Å². The molecule has 2 aliphatic rings. The van der Waals surface area contributed by atoms with Gasteiger partial charge in [-0.3, -0.25) is 19.1 Å². The van der Waals surface area contributed by atoms with Gasteiger partial charge in [0, 0.05) is 49.5 Å². The molecule has 1 aliphatic carbocycles. The molecule has 3 aromatic rings. The molecule has 0 bridgehead atoms. The van der Waals surface area contributed by atoms with Crippen molar-refractivity contribution in [2.75, 3.05) is 23.7 Å².